The summed E-state index contributed by atoms with van der Waals surface area (Å²) in [6, 6.07) is -0.493. The number of hydrogen-bond acceptors (Lipinski definition) is 3. The van der Waals surface area contributed by atoms with Crippen LogP contribution in [0.2, 0.25) is 0 Å². The quantitative estimate of drug-likeness (QED) is 0.521. The van der Waals surface area contributed by atoms with Gasteiger partial charge in [0.15, 0.2) is 0 Å². The van der Waals surface area contributed by atoms with Crippen molar-refractivity contribution in [3.63, 3.8) is 0 Å². The smallest absolute Gasteiger partial charge is 0.320 e. The van der Waals surface area contributed by atoms with Crippen LogP contribution in [-0.4, -0.2) is 36.1 Å². The molecule has 0 bridgehead atoms. The number of carboxylic acid groups (broad SMARTS) is 1. The van der Waals surface area contributed by atoms with Crippen LogP contribution >= 0.6 is 0 Å². The second kappa shape index (κ2) is 7.27. The minimum atomic E-state index is -0.813. The zero-order valence-corrected chi connectivity index (χ0v) is 10.4. The van der Waals surface area contributed by atoms with Crippen LogP contribution in [-0.2, 0) is 9.59 Å². The molecule has 0 aromatic carbocycles. The third-order valence-electron chi connectivity index (χ3n) is 2.91. The molecule has 0 radical (unpaired) electrons. The van der Waals surface area contributed by atoms with Crippen LogP contribution in [0.5, 0.6) is 0 Å². The fourth-order valence-electron chi connectivity index (χ4n) is 1.64. The lowest BCUT2D eigenvalue weighted by Crippen LogP contribution is -2.41. The Kier molecular flexibility index (Phi) is 5.97. The molecule has 17 heavy (non-hydrogen) atoms. The van der Waals surface area contributed by atoms with Gasteiger partial charge in [-0.05, 0) is 19.3 Å². The summed E-state index contributed by atoms with van der Waals surface area (Å²) in [7, 11) is 0. The molecule has 1 aliphatic rings. The summed E-state index contributed by atoms with van der Waals surface area (Å²) in [5.74, 6) is -0.496. The topological polar surface area (TPSA) is 78.4 Å². The Morgan fingerprint density at radius 3 is 2.59 bits per heavy atom. The monoisotopic (exact) mass is 242 g/mol. The third-order valence-corrected chi connectivity index (χ3v) is 2.91. The van der Waals surface area contributed by atoms with Gasteiger partial charge in [0, 0.05) is 19.0 Å². The summed E-state index contributed by atoms with van der Waals surface area (Å²) in [5.41, 5.74) is 0. The van der Waals surface area contributed by atoms with E-state index in [0.29, 0.717) is 19.5 Å². The van der Waals surface area contributed by atoms with Gasteiger partial charge in [0.2, 0.25) is 5.91 Å². The first-order chi connectivity index (χ1) is 8.15. The zero-order chi connectivity index (χ0) is 12.7. The highest BCUT2D eigenvalue weighted by Gasteiger charge is 2.29. The summed E-state index contributed by atoms with van der Waals surface area (Å²) in [4.78, 5) is 22.2. The average molecular weight is 242 g/mol. The highest BCUT2D eigenvalue weighted by Crippen LogP contribution is 2.28. The van der Waals surface area contributed by atoms with E-state index < -0.39 is 12.0 Å². The molecular weight excluding hydrogens is 220 g/mol. The summed E-state index contributed by atoms with van der Waals surface area (Å²) in [6.07, 6.45) is 4.52. The number of carbonyl (C=O) groups excluding carboxylic acids is 1. The van der Waals surface area contributed by atoms with E-state index in [1.54, 1.807) is 0 Å². The number of hydrogen-bond donors (Lipinski definition) is 3. The van der Waals surface area contributed by atoms with Crippen molar-refractivity contribution in [1.82, 2.24) is 10.6 Å². The molecule has 5 heteroatoms. The van der Waals surface area contributed by atoms with E-state index in [9.17, 15) is 9.59 Å². The lowest BCUT2D eigenvalue weighted by atomic mass is 10.1. The fourth-order valence-corrected chi connectivity index (χ4v) is 1.64. The van der Waals surface area contributed by atoms with E-state index in [4.69, 9.17) is 5.11 Å². The third kappa shape index (κ3) is 5.68. The SMILES string of the molecule is CCCCC(NCCNC(=O)C1CC1)C(=O)O. The molecule has 0 aromatic heterocycles. The van der Waals surface area contributed by atoms with Crippen LogP contribution in [0.1, 0.15) is 39.0 Å². The van der Waals surface area contributed by atoms with Crippen molar-refractivity contribution in [2.45, 2.75) is 45.1 Å². The second-order valence-corrected chi connectivity index (χ2v) is 4.55. The van der Waals surface area contributed by atoms with Crippen molar-refractivity contribution < 1.29 is 14.7 Å². The molecule has 5 nitrogen and oxygen atoms in total. The van der Waals surface area contributed by atoms with Gasteiger partial charge in [-0.1, -0.05) is 19.8 Å². The van der Waals surface area contributed by atoms with Crippen molar-refractivity contribution in [3.8, 4) is 0 Å². The Balaban J connectivity index is 2.08. The normalized spacial score (nSPS) is 16.5. The predicted octanol–water partition coefficient (Wildman–Crippen LogP) is 0.746. The number of amides is 1. The highest BCUT2D eigenvalue weighted by atomic mass is 16.4. The first-order valence-corrected chi connectivity index (χ1v) is 6.39. The summed E-state index contributed by atoms with van der Waals surface area (Å²) in [6.45, 7) is 3.05. The van der Waals surface area contributed by atoms with Crippen molar-refractivity contribution in [2.24, 2.45) is 5.92 Å². The van der Waals surface area contributed by atoms with E-state index in [-0.39, 0.29) is 11.8 Å². The van der Waals surface area contributed by atoms with Gasteiger partial charge in [-0.2, -0.15) is 0 Å². The maximum atomic E-state index is 11.3. The van der Waals surface area contributed by atoms with E-state index >= 15 is 0 Å². The lowest BCUT2D eigenvalue weighted by molar-refractivity contribution is -0.139. The van der Waals surface area contributed by atoms with Crippen LogP contribution < -0.4 is 10.6 Å². The standard InChI is InChI=1S/C12H22N2O3/c1-2-3-4-10(12(16)17)13-7-8-14-11(15)9-5-6-9/h9-10,13H,2-8H2,1H3,(H,14,15)(H,16,17). The van der Waals surface area contributed by atoms with Crippen molar-refractivity contribution in [3.05, 3.63) is 0 Å². The minimum absolute atomic E-state index is 0.104. The van der Waals surface area contributed by atoms with Gasteiger partial charge in [-0.15, -0.1) is 0 Å². The van der Waals surface area contributed by atoms with Gasteiger partial charge in [0.05, 0.1) is 0 Å². The number of nitrogens with one attached hydrogen (secondary N) is 2. The molecule has 1 fully saturated rings. The van der Waals surface area contributed by atoms with E-state index in [2.05, 4.69) is 10.6 Å². The van der Waals surface area contributed by atoms with Crippen molar-refractivity contribution in [1.29, 1.82) is 0 Å². The molecule has 0 heterocycles. The van der Waals surface area contributed by atoms with Gasteiger partial charge >= 0.3 is 5.97 Å². The molecule has 1 saturated carbocycles. The molecule has 0 aromatic rings. The molecule has 0 spiro atoms. The number of carboxylic acids is 1. The summed E-state index contributed by atoms with van der Waals surface area (Å²) >= 11 is 0. The van der Waals surface area contributed by atoms with Gasteiger partial charge in [0.25, 0.3) is 0 Å². The van der Waals surface area contributed by atoms with E-state index in [1.165, 1.54) is 0 Å². The molecule has 1 unspecified atom stereocenters. The Morgan fingerprint density at radius 1 is 1.35 bits per heavy atom. The molecule has 3 N–H and O–H groups in total. The fraction of sp³-hybridized carbons (Fsp3) is 0.833. The second-order valence-electron chi connectivity index (χ2n) is 4.55. The lowest BCUT2D eigenvalue weighted by Gasteiger charge is -2.14. The Morgan fingerprint density at radius 2 is 2.06 bits per heavy atom. The molecule has 1 atom stereocenters. The number of rotatable bonds is 9. The zero-order valence-electron chi connectivity index (χ0n) is 10.4. The molecular formula is C12H22N2O3. The molecule has 1 aliphatic carbocycles. The first kappa shape index (κ1) is 14.0. The molecule has 0 saturated heterocycles. The van der Waals surface area contributed by atoms with Crippen LogP contribution in [0, 0.1) is 5.92 Å². The Labute approximate surface area is 102 Å². The maximum Gasteiger partial charge on any atom is 0.320 e. The first-order valence-electron chi connectivity index (χ1n) is 6.39. The van der Waals surface area contributed by atoms with E-state index in [0.717, 1.165) is 25.7 Å². The molecule has 1 amide bonds. The molecule has 1 rings (SSSR count). The van der Waals surface area contributed by atoms with Crippen LogP contribution in [0.3, 0.4) is 0 Å². The Hall–Kier alpha value is -1.10. The number of carbonyl (C=O) groups is 2. The summed E-state index contributed by atoms with van der Waals surface area (Å²) in [5, 5.41) is 14.7. The van der Waals surface area contributed by atoms with E-state index in [1.807, 2.05) is 6.92 Å². The Bertz CT molecular complexity index is 264. The largest absolute Gasteiger partial charge is 0.480 e. The van der Waals surface area contributed by atoms with Gasteiger partial charge in [-0.3, -0.25) is 9.59 Å². The van der Waals surface area contributed by atoms with Gasteiger partial charge < -0.3 is 15.7 Å². The van der Waals surface area contributed by atoms with Gasteiger partial charge in [0.1, 0.15) is 6.04 Å². The van der Waals surface area contributed by atoms with Crippen LogP contribution in [0.15, 0.2) is 0 Å². The van der Waals surface area contributed by atoms with Crippen molar-refractivity contribution >= 4 is 11.9 Å². The average Bonchev–Trinajstić information content (AvgIpc) is 3.11. The number of unbranched alkanes of at least 4 members (excludes halogenated alkanes) is 1. The van der Waals surface area contributed by atoms with Crippen LogP contribution in [0.25, 0.3) is 0 Å². The molecule has 0 aliphatic heterocycles. The van der Waals surface area contributed by atoms with Crippen molar-refractivity contribution in [2.75, 3.05) is 13.1 Å². The molecule has 98 valence electrons. The number of aliphatic carboxylic acids is 1. The summed E-state index contributed by atoms with van der Waals surface area (Å²) < 4.78 is 0. The highest BCUT2D eigenvalue weighted by molar-refractivity contribution is 5.80. The maximum absolute atomic E-state index is 11.3. The van der Waals surface area contributed by atoms with Crippen LogP contribution in [0.4, 0.5) is 0 Å². The predicted molar refractivity (Wildman–Crippen MR) is 64.7 cm³/mol. The minimum Gasteiger partial charge on any atom is -0.480 e. The van der Waals surface area contributed by atoms with Gasteiger partial charge in [-0.25, -0.2) is 0 Å².